The maximum atomic E-state index is 9.04. The first kappa shape index (κ1) is 14.4. The molecule has 1 aromatic rings. The standard InChI is InChI=1S/C17H23N3O/c1-21-17-6-5-13(11-18)10-14(17)12-19-15-7-9-20-8-3-2-4-16(15)20/h5-6,10,15-16,19H,2-4,7-9,12H2,1H3. The van der Waals surface area contributed by atoms with Gasteiger partial charge in [0.1, 0.15) is 5.75 Å². The topological polar surface area (TPSA) is 48.3 Å². The molecule has 2 fully saturated rings. The van der Waals surface area contributed by atoms with Crippen LogP contribution in [0.4, 0.5) is 0 Å². The lowest BCUT2D eigenvalue weighted by Gasteiger charge is -2.32. The van der Waals surface area contributed by atoms with Crippen molar-refractivity contribution >= 4 is 0 Å². The van der Waals surface area contributed by atoms with Crippen LogP contribution in [0.15, 0.2) is 18.2 Å². The molecule has 1 N–H and O–H groups in total. The minimum atomic E-state index is 0.570. The highest BCUT2D eigenvalue weighted by Gasteiger charge is 2.34. The van der Waals surface area contributed by atoms with Crippen LogP contribution in [0, 0.1) is 11.3 Å². The first-order valence-corrected chi connectivity index (χ1v) is 7.86. The molecule has 21 heavy (non-hydrogen) atoms. The van der Waals surface area contributed by atoms with Gasteiger partial charge in [0.2, 0.25) is 0 Å². The average Bonchev–Trinajstić information content (AvgIpc) is 2.96. The van der Waals surface area contributed by atoms with Gasteiger partial charge >= 0.3 is 0 Å². The highest BCUT2D eigenvalue weighted by Crippen LogP contribution is 2.28. The van der Waals surface area contributed by atoms with Crippen LogP contribution in [-0.2, 0) is 6.54 Å². The van der Waals surface area contributed by atoms with E-state index in [-0.39, 0.29) is 0 Å². The summed E-state index contributed by atoms with van der Waals surface area (Å²) < 4.78 is 5.41. The van der Waals surface area contributed by atoms with Gasteiger partial charge in [-0.25, -0.2) is 0 Å². The summed E-state index contributed by atoms with van der Waals surface area (Å²) in [6, 6.07) is 9.09. The van der Waals surface area contributed by atoms with Crippen molar-refractivity contribution in [2.45, 2.75) is 44.3 Å². The molecule has 2 aliphatic rings. The zero-order valence-electron chi connectivity index (χ0n) is 12.6. The molecule has 112 valence electrons. The number of fused-ring (bicyclic) bond motifs is 1. The number of hydrogen-bond donors (Lipinski definition) is 1. The fourth-order valence-electron chi connectivity index (χ4n) is 3.71. The van der Waals surface area contributed by atoms with Crippen LogP contribution in [0.2, 0.25) is 0 Å². The average molecular weight is 285 g/mol. The van der Waals surface area contributed by atoms with Gasteiger partial charge in [-0.05, 0) is 44.0 Å². The van der Waals surface area contributed by atoms with Crippen LogP contribution in [0.3, 0.4) is 0 Å². The lowest BCUT2D eigenvalue weighted by atomic mass is 9.98. The molecule has 1 aromatic carbocycles. The second-order valence-corrected chi connectivity index (χ2v) is 6.01. The summed E-state index contributed by atoms with van der Waals surface area (Å²) in [5.74, 6) is 0.861. The van der Waals surface area contributed by atoms with Gasteiger partial charge < -0.3 is 10.1 Å². The van der Waals surface area contributed by atoms with E-state index in [1.54, 1.807) is 13.2 Å². The van der Waals surface area contributed by atoms with Crippen LogP contribution in [-0.4, -0.2) is 37.2 Å². The minimum Gasteiger partial charge on any atom is -0.496 e. The first-order valence-electron chi connectivity index (χ1n) is 7.86. The number of nitriles is 1. The fourth-order valence-corrected chi connectivity index (χ4v) is 3.71. The van der Waals surface area contributed by atoms with Gasteiger partial charge in [0.05, 0.1) is 18.7 Å². The Kier molecular flexibility index (Phi) is 4.42. The largest absolute Gasteiger partial charge is 0.496 e. The number of benzene rings is 1. The Labute approximate surface area is 126 Å². The van der Waals surface area contributed by atoms with E-state index in [1.807, 2.05) is 12.1 Å². The number of rotatable bonds is 4. The third-order valence-corrected chi connectivity index (χ3v) is 4.82. The SMILES string of the molecule is COc1ccc(C#N)cc1CNC1CCN2CCCCC12. The zero-order valence-corrected chi connectivity index (χ0v) is 12.6. The molecule has 0 radical (unpaired) electrons. The number of nitrogens with one attached hydrogen (secondary N) is 1. The summed E-state index contributed by atoms with van der Waals surface area (Å²) in [4.78, 5) is 2.63. The zero-order chi connectivity index (χ0) is 14.7. The van der Waals surface area contributed by atoms with Crippen LogP contribution in [0.25, 0.3) is 0 Å². The highest BCUT2D eigenvalue weighted by atomic mass is 16.5. The highest BCUT2D eigenvalue weighted by molar-refractivity contribution is 5.42. The predicted octanol–water partition coefficient (Wildman–Crippen LogP) is 2.28. The van der Waals surface area contributed by atoms with Crippen LogP contribution >= 0.6 is 0 Å². The summed E-state index contributed by atoms with van der Waals surface area (Å²) in [5.41, 5.74) is 1.77. The summed E-state index contributed by atoms with van der Waals surface area (Å²) in [5, 5.41) is 12.7. The number of hydrogen-bond acceptors (Lipinski definition) is 4. The lowest BCUT2D eigenvalue weighted by molar-refractivity contribution is 0.180. The molecular formula is C17H23N3O. The Morgan fingerprint density at radius 1 is 1.33 bits per heavy atom. The third kappa shape index (κ3) is 3.04. The lowest BCUT2D eigenvalue weighted by Crippen LogP contribution is -2.44. The molecule has 4 nitrogen and oxygen atoms in total. The van der Waals surface area contributed by atoms with E-state index >= 15 is 0 Å². The van der Waals surface area contributed by atoms with Crippen LogP contribution < -0.4 is 10.1 Å². The van der Waals surface area contributed by atoms with E-state index < -0.39 is 0 Å². The molecule has 2 saturated heterocycles. The van der Waals surface area contributed by atoms with Crippen LogP contribution in [0.1, 0.15) is 36.8 Å². The Hall–Kier alpha value is -1.57. The van der Waals surface area contributed by atoms with Gasteiger partial charge in [-0.2, -0.15) is 5.26 Å². The van der Waals surface area contributed by atoms with E-state index in [1.165, 1.54) is 38.8 Å². The van der Waals surface area contributed by atoms with E-state index in [0.717, 1.165) is 17.9 Å². The van der Waals surface area contributed by atoms with Gasteiger partial charge in [-0.15, -0.1) is 0 Å². The Morgan fingerprint density at radius 3 is 3.05 bits per heavy atom. The Balaban J connectivity index is 1.66. The van der Waals surface area contributed by atoms with Crippen molar-refractivity contribution in [1.82, 2.24) is 10.2 Å². The summed E-state index contributed by atoms with van der Waals surface area (Å²) >= 11 is 0. The quantitative estimate of drug-likeness (QED) is 0.922. The summed E-state index contributed by atoms with van der Waals surface area (Å²) in [6.45, 7) is 3.25. The van der Waals surface area contributed by atoms with E-state index in [2.05, 4.69) is 16.3 Å². The molecule has 0 saturated carbocycles. The first-order chi connectivity index (χ1) is 10.3. The van der Waals surface area contributed by atoms with Gasteiger partial charge in [0.25, 0.3) is 0 Å². The van der Waals surface area contributed by atoms with Crippen molar-refractivity contribution < 1.29 is 4.74 Å². The van der Waals surface area contributed by atoms with Gasteiger partial charge in [0.15, 0.2) is 0 Å². The Morgan fingerprint density at radius 2 is 2.24 bits per heavy atom. The molecule has 0 aromatic heterocycles. The van der Waals surface area contributed by atoms with Crippen molar-refractivity contribution in [1.29, 1.82) is 5.26 Å². The summed E-state index contributed by atoms with van der Waals surface area (Å²) in [6.07, 6.45) is 5.24. The third-order valence-electron chi connectivity index (χ3n) is 4.82. The van der Waals surface area contributed by atoms with Crippen molar-refractivity contribution in [3.8, 4) is 11.8 Å². The van der Waals surface area contributed by atoms with Gasteiger partial charge in [0, 0.05) is 30.7 Å². The second kappa shape index (κ2) is 6.46. The second-order valence-electron chi connectivity index (χ2n) is 6.01. The molecule has 0 spiro atoms. The Bertz CT molecular complexity index is 537. The fraction of sp³-hybridized carbons (Fsp3) is 0.588. The normalized spacial score (nSPS) is 25.3. The van der Waals surface area contributed by atoms with E-state index in [9.17, 15) is 0 Å². The number of methoxy groups -OCH3 is 1. The maximum Gasteiger partial charge on any atom is 0.123 e. The molecule has 4 heteroatoms. The van der Waals surface area contributed by atoms with Crippen molar-refractivity contribution in [3.05, 3.63) is 29.3 Å². The van der Waals surface area contributed by atoms with E-state index in [0.29, 0.717) is 17.6 Å². The molecule has 0 bridgehead atoms. The van der Waals surface area contributed by atoms with Crippen molar-refractivity contribution in [3.63, 3.8) is 0 Å². The van der Waals surface area contributed by atoms with Gasteiger partial charge in [-0.1, -0.05) is 6.42 Å². The monoisotopic (exact) mass is 285 g/mol. The van der Waals surface area contributed by atoms with Crippen molar-refractivity contribution in [2.24, 2.45) is 0 Å². The molecule has 2 unspecified atom stereocenters. The summed E-state index contributed by atoms with van der Waals surface area (Å²) in [7, 11) is 1.68. The van der Waals surface area contributed by atoms with Crippen molar-refractivity contribution in [2.75, 3.05) is 20.2 Å². The van der Waals surface area contributed by atoms with Crippen LogP contribution in [0.5, 0.6) is 5.75 Å². The molecule has 2 atom stereocenters. The van der Waals surface area contributed by atoms with E-state index in [4.69, 9.17) is 10.00 Å². The minimum absolute atomic E-state index is 0.570. The van der Waals surface area contributed by atoms with Gasteiger partial charge in [-0.3, -0.25) is 4.90 Å². The smallest absolute Gasteiger partial charge is 0.123 e. The molecule has 0 amide bonds. The number of piperidine rings is 1. The molecule has 3 rings (SSSR count). The number of ether oxygens (including phenoxy) is 1. The molecular weight excluding hydrogens is 262 g/mol. The molecule has 0 aliphatic carbocycles. The predicted molar refractivity (Wildman–Crippen MR) is 82.2 cm³/mol. The number of nitrogens with zero attached hydrogens (tertiary/aromatic N) is 2. The maximum absolute atomic E-state index is 9.04. The molecule has 2 aliphatic heterocycles. The molecule has 2 heterocycles.